The molecule has 2 heterocycles. The van der Waals surface area contributed by atoms with Crippen molar-refractivity contribution in [2.75, 3.05) is 26.8 Å². The van der Waals surface area contributed by atoms with Crippen LogP contribution in [0.25, 0.3) is 0 Å². The molecular weight excluding hydrogens is 282 g/mol. The molecule has 0 aliphatic carbocycles. The second kappa shape index (κ2) is 7.19. The molecule has 0 aromatic carbocycles. The molecule has 2 rings (SSSR count). The van der Waals surface area contributed by atoms with Crippen LogP contribution in [0.4, 0.5) is 0 Å². The molecule has 124 valence electrons. The first-order chi connectivity index (χ1) is 10.5. The zero-order chi connectivity index (χ0) is 16.2. The van der Waals surface area contributed by atoms with Crippen LogP contribution in [0.2, 0.25) is 0 Å². The van der Waals surface area contributed by atoms with Crippen molar-refractivity contribution in [3.8, 4) is 0 Å². The van der Waals surface area contributed by atoms with E-state index in [-0.39, 0.29) is 11.9 Å². The summed E-state index contributed by atoms with van der Waals surface area (Å²) in [7, 11) is 1.66. The van der Waals surface area contributed by atoms with Crippen LogP contribution in [0.3, 0.4) is 0 Å². The van der Waals surface area contributed by atoms with Crippen molar-refractivity contribution in [2.24, 2.45) is 0 Å². The molecule has 1 saturated heterocycles. The zero-order valence-electron chi connectivity index (χ0n) is 14.0. The Labute approximate surface area is 132 Å². The summed E-state index contributed by atoms with van der Waals surface area (Å²) in [5, 5.41) is 11.1. The molecule has 1 amide bonds. The molecule has 0 radical (unpaired) electrons. The first kappa shape index (κ1) is 16.9. The minimum Gasteiger partial charge on any atom is -0.383 e. The van der Waals surface area contributed by atoms with Crippen LogP contribution in [-0.2, 0) is 16.1 Å². The highest BCUT2D eigenvalue weighted by atomic mass is 16.5. The summed E-state index contributed by atoms with van der Waals surface area (Å²) in [5.74, 6) is 0.783. The van der Waals surface area contributed by atoms with Crippen LogP contribution in [0.1, 0.15) is 45.5 Å². The Bertz CT molecular complexity index is 494. The minimum absolute atomic E-state index is 0.0307. The second-order valence-corrected chi connectivity index (χ2v) is 6.32. The van der Waals surface area contributed by atoms with Gasteiger partial charge in [0.1, 0.15) is 6.33 Å². The lowest BCUT2D eigenvalue weighted by Gasteiger charge is -2.34. The third-order valence-corrected chi connectivity index (χ3v) is 4.37. The number of carbonyl (C=O) groups is 1. The van der Waals surface area contributed by atoms with Crippen molar-refractivity contribution in [2.45, 2.75) is 51.7 Å². The molecule has 1 aromatic heterocycles. The van der Waals surface area contributed by atoms with Crippen LogP contribution in [-0.4, -0.2) is 57.9 Å². The average Bonchev–Trinajstić information content (AvgIpc) is 3.16. The summed E-state index contributed by atoms with van der Waals surface area (Å²) >= 11 is 0. The number of likely N-dealkylation sites (tertiary alicyclic amines) is 1. The fourth-order valence-corrected chi connectivity index (χ4v) is 2.82. The summed E-state index contributed by atoms with van der Waals surface area (Å²) < 4.78 is 7.00. The summed E-state index contributed by atoms with van der Waals surface area (Å²) in [5.41, 5.74) is -0.498. The predicted octanol–water partition coefficient (Wildman–Crippen LogP) is 0.976. The topological polar surface area (TPSA) is 72.3 Å². The maximum Gasteiger partial charge on any atom is 0.240 e. The minimum atomic E-state index is -0.498. The molecule has 7 nitrogen and oxygen atoms in total. The van der Waals surface area contributed by atoms with Crippen LogP contribution in [0.5, 0.6) is 0 Å². The van der Waals surface area contributed by atoms with Gasteiger partial charge in [-0.15, -0.1) is 10.2 Å². The number of hydrogen-bond donors (Lipinski definition) is 1. The highest BCUT2D eigenvalue weighted by molar-refractivity contribution is 5.85. The van der Waals surface area contributed by atoms with Gasteiger partial charge < -0.3 is 14.6 Å². The Morgan fingerprint density at radius 3 is 2.77 bits per heavy atom. The number of amides is 1. The van der Waals surface area contributed by atoms with Crippen LogP contribution in [0.15, 0.2) is 6.33 Å². The van der Waals surface area contributed by atoms with Crippen molar-refractivity contribution < 1.29 is 9.53 Å². The number of rotatable bonds is 7. The van der Waals surface area contributed by atoms with Crippen molar-refractivity contribution in [1.82, 2.24) is 25.0 Å². The van der Waals surface area contributed by atoms with Crippen LogP contribution < -0.4 is 5.32 Å². The van der Waals surface area contributed by atoms with Crippen molar-refractivity contribution in [3.05, 3.63) is 12.2 Å². The van der Waals surface area contributed by atoms with Crippen molar-refractivity contribution >= 4 is 5.91 Å². The number of nitrogens with one attached hydrogen (secondary N) is 1. The molecule has 1 fully saturated rings. The monoisotopic (exact) mass is 309 g/mol. The SMILES string of the molecule is COCCn1cnnc1[C@H](C)NC(=O)C(C)(C)N1CCCC1. The van der Waals surface area contributed by atoms with E-state index in [0.29, 0.717) is 13.2 Å². The molecule has 1 N–H and O–H groups in total. The Kier molecular flexibility index (Phi) is 5.52. The lowest BCUT2D eigenvalue weighted by Crippen LogP contribution is -2.54. The second-order valence-electron chi connectivity index (χ2n) is 6.32. The van der Waals surface area contributed by atoms with E-state index in [0.717, 1.165) is 31.8 Å². The first-order valence-corrected chi connectivity index (χ1v) is 7.89. The largest absolute Gasteiger partial charge is 0.383 e. The highest BCUT2D eigenvalue weighted by Crippen LogP contribution is 2.22. The van der Waals surface area contributed by atoms with Crippen LogP contribution >= 0.6 is 0 Å². The number of methoxy groups -OCH3 is 1. The van der Waals surface area contributed by atoms with Gasteiger partial charge in [-0.1, -0.05) is 0 Å². The van der Waals surface area contributed by atoms with Gasteiger partial charge in [-0.05, 0) is 46.7 Å². The molecule has 7 heteroatoms. The van der Waals surface area contributed by atoms with E-state index >= 15 is 0 Å². The van der Waals surface area contributed by atoms with Gasteiger partial charge >= 0.3 is 0 Å². The molecule has 1 aliphatic heterocycles. The fraction of sp³-hybridized carbons (Fsp3) is 0.800. The van der Waals surface area contributed by atoms with Crippen molar-refractivity contribution in [1.29, 1.82) is 0 Å². The van der Waals surface area contributed by atoms with E-state index in [1.807, 2.05) is 25.3 Å². The van der Waals surface area contributed by atoms with E-state index in [2.05, 4.69) is 20.4 Å². The van der Waals surface area contributed by atoms with Crippen LogP contribution in [0, 0.1) is 0 Å². The Morgan fingerprint density at radius 2 is 2.14 bits per heavy atom. The third-order valence-electron chi connectivity index (χ3n) is 4.37. The fourth-order valence-electron chi connectivity index (χ4n) is 2.82. The van der Waals surface area contributed by atoms with E-state index in [9.17, 15) is 4.79 Å². The lowest BCUT2D eigenvalue weighted by molar-refractivity contribution is -0.131. The molecule has 0 bridgehead atoms. The summed E-state index contributed by atoms with van der Waals surface area (Å²) in [6.07, 6.45) is 4.00. The quantitative estimate of drug-likeness (QED) is 0.813. The van der Waals surface area contributed by atoms with Gasteiger partial charge in [-0.3, -0.25) is 9.69 Å². The Hall–Kier alpha value is -1.47. The Balaban J connectivity index is 2.00. The number of hydrogen-bond acceptors (Lipinski definition) is 5. The van der Waals surface area contributed by atoms with Gasteiger partial charge in [-0.25, -0.2) is 0 Å². The van der Waals surface area contributed by atoms with E-state index in [1.165, 1.54) is 0 Å². The van der Waals surface area contributed by atoms with Gasteiger partial charge in [0.15, 0.2) is 5.82 Å². The van der Waals surface area contributed by atoms with E-state index < -0.39 is 5.54 Å². The smallest absolute Gasteiger partial charge is 0.240 e. The van der Waals surface area contributed by atoms with Gasteiger partial charge in [0.05, 0.1) is 18.2 Å². The first-order valence-electron chi connectivity index (χ1n) is 7.89. The third kappa shape index (κ3) is 3.64. The molecular formula is C15H27N5O2. The molecule has 1 atom stereocenters. The Morgan fingerprint density at radius 1 is 1.45 bits per heavy atom. The standard InChI is InChI=1S/C15H27N5O2/c1-12(13-18-16-11-19(13)9-10-22-4)17-14(21)15(2,3)20-7-5-6-8-20/h11-12H,5-10H2,1-4H3,(H,17,21)/t12-/m0/s1. The van der Waals surface area contributed by atoms with Gasteiger partial charge in [0.25, 0.3) is 0 Å². The van der Waals surface area contributed by atoms with Gasteiger partial charge in [-0.2, -0.15) is 0 Å². The summed E-state index contributed by atoms with van der Waals surface area (Å²) in [6.45, 7) is 9.13. The van der Waals surface area contributed by atoms with Gasteiger partial charge in [0, 0.05) is 13.7 Å². The molecule has 1 aliphatic rings. The normalized spacial score (nSPS) is 17.6. The lowest BCUT2D eigenvalue weighted by atomic mass is 10.0. The van der Waals surface area contributed by atoms with E-state index in [1.54, 1.807) is 13.4 Å². The molecule has 0 saturated carbocycles. The molecule has 0 spiro atoms. The number of ether oxygens (including phenoxy) is 1. The maximum absolute atomic E-state index is 12.6. The zero-order valence-corrected chi connectivity index (χ0v) is 14.0. The van der Waals surface area contributed by atoms with Gasteiger partial charge in [0.2, 0.25) is 5.91 Å². The molecule has 1 aromatic rings. The predicted molar refractivity (Wildman–Crippen MR) is 83.3 cm³/mol. The summed E-state index contributed by atoms with van der Waals surface area (Å²) in [4.78, 5) is 14.9. The van der Waals surface area contributed by atoms with E-state index in [4.69, 9.17) is 4.74 Å². The number of nitrogens with zero attached hydrogens (tertiary/aromatic N) is 4. The molecule has 0 unspecified atom stereocenters. The average molecular weight is 309 g/mol. The van der Waals surface area contributed by atoms with Crippen molar-refractivity contribution in [3.63, 3.8) is 0 Å². The maximum atomic E-state index is 12.6. The highest BCUT2D eigenvalue weighted by Gasteiger charge is 2.36. The summed E-state index contributed by atoms with van der Waals surface area (Å²) in [6, 6.07) is -0.186. The number of carbonyl (C=O) groups excluding carboxylic acids is 1. The molecule has 22 heavy (non-hydrogen) atoms. The number of aromatic nitrogens is 3.